The predicted octanol–water partition coefficient (Wildman–Crippen LogP) is 7.29. The summed E-state index contributed by atoms with van der Waals surface area (Å²) >= 11 is 1.42. The minimum Gasteiger partial charge on any atom is -0.497 e. The van der Waals surface area contributed by atoms with E-state index in [-0.39, 0.29) is 5.91 Å². The second-order valence-corrected chi connectivity index (χ2v) is 10.7. The maximum absolute atomic E-state index is 13.8. The normalized spacial score (nSPS) is 11.7. The molecule has 0 aliphatic carbocycles. The number of carbonyl (C=O) groups excluding carboxylic acids is 1. The molecule has 1 heterocycles. The first-order valence-electron chi connectivity index (χ1n) is 13.2. The molecule has 5 rings (SSSR count). The molecule has 1 N–H and O–H groups in total. The van der Waals surface area contributed by atoms with Crippen LogP contribution in [-0.2, 0) is 17.8 Å². The summed E-state index contributed by atoms with van der Waals surface area (Å²) in [5.41, 5.74) is 5.98. The van der Waals surface area contributed by atoms with Crippen LogP contribution in [0.5, 0.6) is 5.75 Å². The summed E-state index contributed by atoms with van der Waals surface area (Å²) in [5.74, 6) is 1.43. The van der Waals surface area contributed by atoms with Crippen LogP contribution in [0.1, 0.15) is 27.5 Å². The minimum atomic E-state index is -0.524. The maximum Gasteiger partial charge on any atom is 0.242 e. The summed E-state index contributed by atoms with van der Waals surface area (Å²) in [7, 11) is 1.65. The Kier molecular flexibility index (Phi) is 8.62. The van der Waals surface area contributed by atoms with Crippen molar-refractivity contribution >= 4 is 23.4 Å². The lowest BCUT2D eigenvalue weighted by Gasteiger charge is -2.19. The third-order valence-electron chi connectivity index (χ3n) is 6.75. The van der Waals surface area contributed by atoms with E-state index in [1.54, 1.807) is 7.11 Å². The minimum absolute atomic E-state index is 0.103. The summed E-state index contributed by atoms with van der Waals surface area (Å²) in [6.45, 7) is 4.69. The monoisotopic (exact) mass is 548 g/mol. The molecule has 0 unspecified atom stereocenters. The highest BCUT2D eigenvalue weighted by molar-refractivity contribution is 8.00. The number of hydrogen-bond acceptors (Lipinski definition) is 5. The maximum atomic E-state index is 13.8. The average molecular weight is 549 g/mol. The molecule has 7 heteroatoms. The molecule has 202 valence electrons. The number of thioether (sulfide) groups is 1. The van der Waals surface area contributed by atoms with E-state index in [0.717, 1.165) is 45.9 Å². The number of ether oxygens (including phenoxy) is 1. The van der Waals surface area contributed by atoms with Crippen LogP contribution in [-0.4, -0.2) is 27.8 Å². The fraction of sp³-hybridized carbons (Fsp3) is 0.182. The Labute approximate surface area is 239 Å². The molecule has 0 spiro atoms. The number of methoxy groups -OCH3 is 1. The molecule has 0 saturated heterocycles. The summed E-state index contributed by atoms with van der Waals surface area (Å²) < 4.78 is 7.46. The van der Waals surface area contributed by atoms with E-state index in [9.17, 15) is 4.79 Å². The molecule has 0 saturated carbocycles. The number of anilines is 1. The van der Waals surface area contributed by atoms with Crippen molar-refractivity contribution in [3.8, 4) is 17.1 Å². The van der Waals surface area contributed by atoms with E-state index < -0.39 is 5.25 Å². The molecule has 4 aromatic carbocycles. The molecule has 0 aliphatic rings. The Bertz CT molecular complexity index is 1570. The van der Waals surface area contributed by atoms with Gasteiger partial charge in [0.15, 0.2) is 11.0 Å². The highest BCUT2D eigenvalue weighted by atomic mass is 32.2. The van der Waals surface area contributed by atoms with Gasteiger partial charge in [0.1, 0.15) is 11.0 Å². The highest BCUT2D eigenvalue weighted by Crippen LogP contribution is 2.37. The van der Waals surface area contributed by atoms with Gasteiger partial charge in [0, 0.05) is 17.8 Å². The van der Waals surface area contributed by atoms with Crippen molar-refractivity contribution in [1.82, 2.24) is 14.8 Å². The van der Waals surface area contributed by atoms with Crippen molar-refractivity contribution in [1.29, 1.82) is 0 Å². The van der Waals surface area contributed by atoms with Crippen LogP contribution in [0.4, 0.5) is 5.69 Å². The van der Waals surface area contributed by atoms with Gasteiger partial charge in [0.25, 0.3) is 0 Å². The van der Waals surface area contributed by atoms with E-state index in [2.05, 4.69) is 32.2 Å². The lowest BCUT2D eigenvalue weighted by atomic mass is 10.1. The molecular formula is C33H32N4O2S. The van der Waals surface area contributed by atoms with Gasteiger partial charge in [-0.2, -0.15) is 0 Å². The molecule has 1 atom stereocenters. The molecule has 0 bridgehead atoms. The molecule has 0 aliphatic heterocycles. The van der Waals surface area contributed by atoms with Crippen molar-refractivity contribution in [3.05, 3.63) is 125 Å². The molecule has 1 aromatic heterocycles. The number of benzene rings is 4. The Balaban J connectivity index is 1.50. The van der Waals surface area contributed by atoms with Gasteiger partial charge in [-0.3, -0.25) is 4.79 Å². The zero-order valence-electron chi connectivity index (χ0n) is 22.9. The Hall–Kier alpha value is -4.36. The highest BCUT2D eigenvalue weighted by Gasteiger charge is 2.26. The van der Waals surface area contributed by atoms with Gasteiger partial charge in [-0.15, -0.1) is 10.2 Å². The first-order valence-corrected chi connectivity index (χ1v) is 14.1. The first-order chi connectivity index (χ1) is 19.5. The fourth-order valence-electron chi connectivity index (χ4n) is 4.49. The van der Waals surface area contributed by atoms with Gasteiger partial charge in [-0.25, -0.2) is 0 Å². The number of nitrogens with zero attached hydrogens (tertiary/aromatic N) is 3. The SMILES string of the molecule is COc1ccc(-c2nnc(S[C@H](C(=O)Nc3cc(C)ccc3C)c3ccccc3)n2CCc2ccccc2)cc1. The van der Waals surface area contributed by atoms with Gasteiger partial charge < -0.3 is 14.6 Å². The third-order valence-corrected chi connectivity index (χ3v) is 7.98. The van der Waals surface area contributed by atoms with Gasteiger partial charge in [0.2, 0.25) is 5.91 Å². The number of nitrogens with one attached hydrogen (secondary N) is 1. The summed E-state index contributed by atoms with van der Waals surface area (Å²) in [4.78, 5) is 13.8. The topological polar surface area (TPSA) is 69.0 Å². The molecule has 6 nitrogen and oxygen atoms in total. The summed E-state index contributed by atoms with van der Waals surface area (Å²) in [6.07, 6.45) is 0.806. The molecule has 40 heavy (non-hydrogen) atoms. The fourth-order valence-corrected chi connectivity index (χ4v) is 5.55. The molecular weight excluding hydrogens is 516 g/mol. The smallest absolute Gasteiger partial charge is 0.242 e. The summed E-state index contributed by atoms with van der Waals surface area (Å²) in [6, 6.07) is 34.1. The van der Waals surface area contributed by atoms with Crippen molar-refractivity contribution < 1.29 is 9.53 Å². The van der Waals surface area contributed by atoms with Crippen molar-refractivity contribution in [2.24, 2.45) is 0 Å². The van der Waals surface area contributed by atoms with Crippen LogP contribution in [0.15, 0.2) is 108 Å². The zero-order chi connectivity index (χ0) is 27.9. The Morgan fingerprint density at radius 2 is 1.60 bits per heavy atom. The van der Waals surface area contributed by atoms with Gasteiger partial charge in [-0.1, -0.05) is 84.6 Å². The lowest BCUT2D eigenvalue weighted by molar-refractivity contribution is -0.115. The number of aryl methyl sites for hydroxylation is 3. The number of aromatic nitrogens is 3. The molecule has 5 aromatic rings. The third kappa shape index (κ3) is 6.43. The van der Waals surface area contributed by atoms with Gasteiger partial charge in [-0.05, 0) is 72.9 Å². The van der Waals surface area contributed by atoms with E-state index in [4.69, 9.17) is 4.74 Å². The Morgan fingerprint density at radius 1 is 0.900 bits per heavy atom. The quantitative estimate of drug-likeness (QED) is 0.186. The molecule has 0 fully saturated rings. The first kappa shape index (κ1) is 27.2. The van der Waals surface area contributed by atoms with Crippen LogP contribution < -0.4 is 10.1 Å². The number of amides is 1. The van der Waals surface area contributed by atoms with E-state index in [1.165, 1.54) is 17.3 Å². The van der Waals surface area contributed by atoms with Crippen LogP contribution in [0.25, 0.3) is 11.4 Å². The second kappa shape index (κ2) is 12.7. The van der Waals surface area contributed by atoms with Crippen LogP contribution in [0, 0.1) is 13.8 Å². The summed E-state index contributed by atoms with van der Waals surface area (Å²) in [5, 5.41) is 12.5. The van der Waals surface area contributed by atoms with Gasteiger partial charge >= 0.3 is 0 Å². The Morgan fingerprint density at radius 3 is 2.30 bits per heavy atom. The molecule has 0 radical (unpaired) electrons. The van der Waals surface area contributed by atoms with Crippen LogP contribution >= 0.6 is 11.8 Å². The predicted molar refractivity (Wildman–Crippen MR) is 162 cm³/mol. The van der Waals surface area contributed by atoms with Crippen molar-refractivity contribution in [3.63, 3.8) is 0 Å². The molecule has 1 amide bonds. The van der Waals surface area contributed by atoms with E-state index >= 15 is 0 Å². The largest absolute Gasteiger partial charge is 0.497 e. The number of carbonyl (C=O) groups is 1. The number of hydrogen-bond donors (Lipinski definition) is 1. The van der Waals surface area contributed by atoms with Crippen molar-refractivity contribution in [2.75, 3.05) is 12.4 Å². The van der Waals surface area contributed by atoms with Crippen molar-refractivity contribution in [2.45, 2.75) is 37.2 Å². The number of rotatable bonds is 10. The standard InChI is InChI=1S/C33H32N4O2S/c1-23-14-15-24(2)29(22-23)34-32(38)30(26-12-8-5-9-13-26)40-33-36-35-31(27-16-18-28(39-3)19-17-27)37(33)21-20-25-10-6-4-7-11-25/h4-19,22,30H,20-21H2,1-3H3,(H,34,38)/t30-/m0/s1. The zero-order valence-corrected chi connectivity index (χ0v) is 23.7. The van der Waals surface area contributed by atoms with E-state index in [0.29, 0.717) is 11.7 Å². The van der Waals surface area contributed by atoms with E-state index in [1.807, 2.05) is 105 Å². The average Bonchev–Trinajstić information content (AvgIpc) is 3.40. The second-order valence-electron chi connectivity index (χ2n) is 9.64. The van der Waals surface area contributed by atoms with Crippen LogP contribution in [0.2, 0.25) is 0 Å². The lowest BCUT2D eigenvalue weighted by Crippen LogP contribution is -2.20. The van der Waals surface area contributed by atoms with Crippen LogP contribution in [0.3, 0.4) is 0 Å². The van der Waals surface area contributed by atoms with Gasteiger partial charge in [0.05, 0.1) is 7.11 Å².